The zero-order valence-electron chi connectivity index (χ0n) is 22.3. The number of likely N-dealkylation sites (tertiary alicyclic amines) is 1. The van der Waals surface area contributed by atoms with E-state index in [0.717, 1.165) is 31.4 Å². The molecule has 0 aromatic rings. The van der Waals surface area contributed by atoms with Crippen LogP contribution in [0.1, 0.15) is 53.4 Å². The van der Waals surface area contributed by atoms with Crippen LogP contribution in [0.15, 0.2) is 12.7 Å². The molecule has 3 aliphatic rings. The van der Waals surface area contributed by atoms with Gasteiger partial charge in [0.1, 0.15) is 6.61 Å². The first kappa shape index (κ1) is 28.3. The third kappa shape index (κ3) is 6.52. The summed E-state index contributed by atoms with van der Waals surface area (Å²) in [5, 5.41) is 3.08. The average Bonchev–Trinajstić information content (AvgIpc) is 3.23. The lowest BCUT2D eigenvalue weighted by atomic mass is 9.72. The van der Waals surface area contributed by atoms with Gasteiger partial charge < -0.3 is 19.4 Å². The smallest absolute Gasteiger partial charge is 0.410 e. The number of thioether (sulfide) groups is 1. The van der Waals surface area contributed by atoms with Crippen molar-refractivity contribution in [3.05, 3.63) is 12.7 Å². The van der Waals surface area contributed by atoms with Crippen LogP contribution < -0.4 is 5.32 Å². The Labute approximate surface area is 216 Å². The van der Waals surface area contributed by atoms with Crippen molar-refractivity contribution in [1.82, 2.24) is 10.2 Å². The van der Waals surface area contributed by atoms with Crippen LogP contribution in [0.25, 0.3) is 0 Å². The zero-order valence-corrected chi connectivity index (χ0v) is 24.1. The van der Waals surface area contributed by atoms with E-state index in [-0.39, 0.29) is 58.7 Å². The van der Waals surface area contributed by atoms with Crippen molar-refractivity contribution in [2.24, 2.45) is 17.8 Å². The Hall–Kier alpha value is -1.32. The maximum absolute atomic E-state index is 13.5. The molecular formula is C26H44N2O5SSi. The summed E-state index contributed by atoms with van der Waals surface area (Å²) in [7, 11) is -2.01. The minimum atomic E-state index is -2.01. The lowest BCUT2D eigenvalue weighted by molar-refractivity contribution is -0.145. The van der Waals surface area contributed by atoms with Gasteiger partial charge in [-0.2, -0.15) is 11.8 Å². The Bertz CT molecular complexity index is 814. The fourth-order valence-corrected chi connectivity index (χ4v) is 8.04. The van der Waals surface area contributed by atoms with Crippen LogP contribution in [0.4, 0.5) is 4.79 Å². The number of carbonyl (C=O) groups excluding carboxylic acids is 3. The molecule has 0 spiro atoms. The van der Waals surface area contributed by atoms with Gasteiger partial charge in [-0.25, -0.2) is 4.79 Å². The Kier molecular flexibility index (Phi) is 9.19. The molecule has 2 heterocycles. The largest absolute Gasteiger partial charge is 0.445 e. The topological polar surface area (TPSA) is 84.9 Å². The number of nitrogens with one attached hydrogen (secondary N) is 1. The zero-order chi connectivity index (χ0) is 26.0. The molecule has 9 heteroatoms. The highest BCUT2D eigenvalue weighted by atomic mass is 32.2. The van der Waals surface area contributed by atoms with E-state index >= 15 is 0 Å². The number of carbonyl (C=O) groups is 3. The summed E-state index contributed by atoms with van der Waals surface area (Å²) < 4.78 is 11.7. The molecule has 1 N–H and O–H groups in total. The third-order valence-electron chi connectivity index (χ3n) is 8.29. The summed E-state index contributed by atoms with van der Waals surface area (Å²) >= 11 is 1.73. The summed E-state index contributed by atoms with van der Waals surface area (Å²) in [6.07, 6.45) is 4.74. The number of amides is 2. The number of ether oxygens (including phenoxy) is 1. The summed E-state index contributed by atoms with van der Waals surface area (Å²) in [5.41, 5.74) is 0. The van der Waals surface area contributed by atoms with Crippen molar-refractivity contribution in [2.75, 3.05) is 25.4 Å². The van der Waals surface area contributed by atoms with Crippen molar-refractivity contribution in [3.63, 3.8) is 0 Å². The summed E-state index contributed by atoms with van der Waals surface area (Å²) in [6, 6.07) is -0.125. The summed E-state index contributed by atoms with van der Waals surface area (Å²) in [4.78, 5) is 39.9. The number of Topliss-reactive ketones (excluding diaryl/α,β-unsaturated/α-hetero) is 1. The SMILES string of the molecule is C=CCOC(=O)N1CC[C@@H](CS[C@H]2CCC[C@H]([C@H]3NC(=O)[C@@H]3[C@@H](C)O[Si](C)(C)C(C)(C)C)C2=O)C1. The second-order valence-corrected chi connectivity index (χ2v) is 17.9. The number of nitrogens with zero attached hydrogens (tertiary/aromatic N) is 1. The first-order chi connectivity index (χ1) is 16.4. The van der Waals surface area contributed by atoms with Gasteiger partial charge >= 0.3 is 6.09 Å². The molecule has 3 fully saturated rings. The minimum absolute atomic E-state index is 0.0122. The molecule has 3 rings (SSSR count). The molecule has 7 nitrogen and oxygen atoms in total. The predicted molar refractivity (Wildman–Crippen MR) is 143 cm³/mol. The Morgan fingerprint density at radius 1 is 1.29 bits per heavy atom. The molecule has 1 saturated carbocycles. The molecule has 2 aliphatic heterocycles. The van der Waals surface area contributed by atoms with Gasteiger partial charge in [-0.05, 0) is 56.0 Å². The van der Waals surface area contributed by atoms with Gasteiger partial charge in [-0.1, -0.05) is 39.8 Å². The number of hydrogen-bond donors (Lipinski definition) is 1. The Morgan fingerprint density at radius 2 is 2.00 bits per heavy atom. The molecular weight excluding hydrogens is 480 g/mol. The lowest BCUT2D eigenvalue weighted by Crippen LogP contribution is -2.68. The first-order valence-corrected chi connectivity index (χ1v) is 17.0. The Morgan fingerprint density at radius 3 is 2.63 bits per heavy atom. The molecule has 35 heavy (non-hydrogen) atoms. The highest BCUT2D eigenvalue weighted by Crippen LogP contribution is 2.42. The van der Waals surface area contributed by atoms with Crippen LogP contribution in [-0.4, -0.2) is 73.8 Å². The monoisotopic (exact) mass is 524 g/mol. The van der Waals surface area contributed by atoms with Crippen LogP contribution in [0, 0.1) is 17.8 Å². The van der Waals surface area contributed by atoms with Crippen molar-refractivity contribution < 1.29 is 23.5 Å². The van der Waals surface area contributed by atoms with E-state index in [1.54, 1.807) is 22.7 Å². The highest BCUT2D eigenvalue weighted by molar-refractivity contribution is 8.00. The van der Waals surface area contributed by atoms with Gasteiger partial charge in [-0.3, -0.25) is 9.59 Å². The van der Waals surface area contributed by atoms with E-state index < -0.39 is 8.32 Å². The van der Waals surface area contributed by atoms with E-state index in [1.807, 2.05) is 6.92 Å². The number of ketones is 1. The van der Waals surface area contributed by atoms with Crippen molar-refractivity contribution in [1.29, 1.82) is 0 Å². The summed E-state index contributed by atoms with van der Waals surface area (Å²) in [5.74, 6) is 1.13. The average molecular weight is 525 g/mol. The van der Waals surface area contributed by atoms with Crippen molar-refractivity contribution in [2.45, 2.75) is 88.9 Å². The van der Waals surface area contributed by atoms with Gasteiger partial charge in [0, 0.05) is 19.0 Å². The standard InChI is InChI=1S/C26H44N2O5SSi/c1-8-14-32-25(31)28-13-12-18(15-28)16-34-20-11-9-10-19(23(20)29)22-21(24(30)27-22)17(2)33-35(6,7)26(3,4)5/h8,17-22H,1,9-16H2,2-7H3,(H,27,30)/t17-,18-,19-,20+,21-,22-/m1/s1. The second-order valence-electron chi connectivity index (χ2n) is 11.9. The molecule has 0 radical (unpaired) electrons. The molecule has 0 unspecified atom stereocenters. The molecule has 6 atom stereocenters. The molecule has 0 aromatic carbocycles. The third-order valence-corrected chi connectivity index (χ3v) is 14.4. The maximum atomic E-state index is 13.5. The van der Waals surface area contributed by atoms with Crippen LogP contribution >= 0.6 is 11.8 Å². The Balaban J connectivity index is 1.53. The van der Waals surface area contributed by atoms with Gasteiger partial charge in [0.05, 0.1) is 23.3 Å². The van der Waals surface area contributed by atoms with Gasteiger partial charge in [0.25, 0.3) is 0 Å². The fraction of sp³-hybridized carbons (Fsp3) is 0.808. The molecule has 0 bridgehead atoms. The normalized spacial score (nSPS) is 30.5. The molecule has 0 aromatic heterocycles. The van der Waals surface area contributed by atoms with Gasteiger partial charge in [0.15, 0.2) is 14.1 Å². The number of hydrogen-bond acceptors (Lipinski definition) is 6. The van der Waals surface area contributed by atoms with E-state index in [0.29, 0.717) is 19.0 Å². The fourth-order valence-electron chi connectivity index (χ4n) is 5.16. The number of rotatable bonds is 9. The lowest BCUT2D eigenvalue weighted by Gasteiger charge is -2.48. The molecule has 1 aliphatic carbocycles. The molecule has 198 valence electrons. The van der Waals surface area contributed by atoms with Gasteiger partial charge in [-0.15, -0.1) is 0 Å². The second kappa shape index (κ2) is 11.4. The quantitative estimate of drug-likeness (QED) is 0.269. The van der Waals surface area contributed by atoms with E-state index in [9.17, 15) is 14.4 Å². The van der Waals surface area contributed by atoms with Crippen LogP contribution in [-0.2, 0) is 18.8 Å². The van der Waals surface area contributed by atoms with Crippen molar-refractivity contribution >= 4 is 37.9 Å². The number of β-lactam (4-membered cyclic amide) rings is 1. The van der Waals surface area contributed by atoms with E-state index in [4.69, 9.17) is 9.16 Å². The maximum Gasteiger partial charge on any atom is 0.410 e. The molecule has 2 amide bonds. The summed E-state index contributed by atoms with van der Waals surface area (Å²) in [6.45, 7) is 18.2. The predicted octanol–water partition coefficient (Wildman–Crippen LogP) is 4.63. The van der Waals surface area contributed by atoms with Crippen LogP contribution in [0.3, 0.4) is 0 Å². The highest BCUT2D eigenvalue weighted by Gasteiger charge is 2.52. The van der Waals surface area contributed by atoms with Crippen LogP contribution in [0.2, 0.25) is 18.1 Å². The van der Waals surface area contributed by atoms with E-state index in [2.05, 4.69) is 45.8 Å². The van der Waals surface area contributed by atoms with Gasteiger partial charge in [0.2, 0.25) is 5.91 Å². The van der Waals surface area contributed by atoms with E-state index in [1.165, 1.54) is 0 Å². The first-order valence-electron chi connectivity index (χ1n) is 13.0. The minimum Gasteiger partial charge on any atom is -0.445 e. The molecule has 2 saturated heterocycles. The van der Waals surface area contributed by atoms with Crippen LogP contribution in [0.5, 0.6) is 0 Å². The van der Waals surface area contributed by atoms with Crippen molar-refractivity contribution in [3.8, 4) is 0 Å².